The van der Waals surface area contributed by atoms with Gasteiger partial charge in [-0.3, -0.25) is 15.0 Å². The Labute approximate surface area is 208 Å². The zero-order valence-corrected chi connectivity index (χ0v) is 19.9. The van der Waals surface area contributed by atoms with Crippen LogP contribution >= 0.6 is 0 Å². The third kappa shape index (κ3) is 4.67. The summed E-state index contributed by atoms with van der Waals surface area (Å²) in [4.78, 5) is 20.8. The first-order valence-electron chi connectivity index (χ1n) is 12.2. The molecule has 0 bridgehead atoms. The average molecular weight is 482 g/mol. The number of hydrogen-bond donors (Lipinski definition) is 2. The number of anilines is 2. The molecule has 1 saturated heterocycles. The monoisotopic (exact) mass is 481 g/mol. The molecule has 2 N–H and O–H groups in total. The fraction of sp³-hybridized carbons (Fsp3) is 0.308. The molecule has 1 saturated carbocycles. The number of hydrogen-bond acceptors (Lipinski definition) is 9. The fourth-order valence-corrected chi connectivity index (χ4v) is 4.56. The molecule has 4 heterocycles. The topological polar surface area (TPSA) is 117 Å². The summed E-state index contributed by atoms with van der Waals surface area (Å²) in [6.45, 7) is 7.97. The van der Waals surface area contributed by atoms with Gasteiger partial charge in [0, 0.05) is 49.8 Å². The van der Waals surface area contributed by atoms with Crippen molar-refractivity contribution in [2.24, 2.45) is 9.98 Å². The molecule has 36 heavy (non-hydrogen) atoms. The molecular formula is C26H27N9O. The largest absolute Gasteiger partial charge is 0.354 e. The number of nitrogens with one attached hydrogen (secondary N) is 2. The number of piperazine rings is 1. The van der Waals surface area contributed by atoms with Gasteiger partial charge in [0.25, 0.3) is 0 Å². The number of benzene rings is 1. The number of aliphatic imine (C=N–C) groups is 2. The van der Waals surface area contributed by atoms with Gasteiger partial charge in [0.05, 0.1) is 18.4 Å². The number of amidine groups is 1. The molecule has 1 aliphatic heterocycles. The lowest BCUT2D eigenvalue weighted by atomic mass is 10.0. The lowest BCUT2D eigenvalue weighted by Gasteiger charge is -2.32. The predicted octanol–water partition coefficient (Wildman–Crippen LogP) is 3.82. The fourth-order valence-electron chi connectivity index (χ4n) is 4.56. The van der Waals surface area contributed by atoms with Crippen molar-refractivity contribution in [2.75, 3.05) is 31.5 Å². The number of nitrogens with zero attached hydrogens (tertiary/aromatic N) is 7. The lowest BCUT2D eigenvalue weighted by Crippen LogP contribution is -2.47. The van der Waals surface area contributed by atoms with E-state index in [1.165, 1.54) is 18.4 Å². The Morgan fingerprint density at radius 3 is 2.81 bits per heavy atom. The van der Waals surface area contributed by atoms with Crippen molar-refractivity contribution >= 4 is 40.8 Å². The van der Waals surface area contributed by atoms with Gasteiger partial charge in [0.1, 0.15) is 22.7 Å². The first kappa shape index (κ1) is 22.3. The highest BCUT2D eigenvalue weighted by molar-refractivity contribution is 6.04. The van der Waals surface area contributed by atoms with Crippen LogP contribution in [0.1, 0.15) is 35.4 Å². The van der Waals surface area contributed by atoms with E-state index >= 15 is 0 Å². The maximum absolute atomic E-state index is 5.16. The summed E-state index contributed by atoms with van der Waals surface area (Å²) in [7, 11) is 0. The molecule has 10 heteroatoms. The summed E-state index contributed by atoms with van der Waals surface area (Å²) >= 11 is 0. The second-order valence-electron chi connectivity index (χ2n) is 9.07. The van der Waals surface area contributed by atoms with Crippen LogP contribution in [0.15, 0.2) is 63.5 Å². The minimum Gasteiger partial charge on any atom is -0.354 e. The van der Waals surface area contributed by atoms with Crippen LogP contribution in [0.25, 0.3) is 11.0 Å². The van der Waals surface area contributed by atoms with Crippen molar-refractivity contribution in [3.8, 4) is 0 Å². The van der Waals surface area contributed by atoms with Gasteiger partial charge in [0.2, 0.25) is 0 Å². The first-order valence-corrected chi connectivity index (χ1v) is 12.2. The molecule has 1 aliphatic carbocycles. The first-order chi connectivity index (χ1) is 17.8. The molecule has 6 rings (SSSR count). The van der Waals surface area contributed by atoms with Gasteiger partial charge in [0.15, 0.2) is 0 Å². The van der Waals surface area contributed by atoms with Gasteiger partial charge in [-0.15, -0.1) is 0 Å². The Morgan fingerprint density at radius 2 is 1.97 bits per heavy atom. The summed E-state index contributed by atoms with van der Waals surface area (Å²) < 4.78 is 4.79. The number of aromatic nitrogens is 4. The van der Waals surface area contributed by atoms with Crippen LogP contribution < -0.4 is 10.6 Å². The molecule has 1 aromatic carbocycles. The Balaban J connectivity index is 1.30. The maximum atomic E-state index is 5.16. The smallest absolute Gasteiger partial charge is 0.137 e. The van der Waals surface area contributed by atoms with E-state index in [0.29, 0.717) is 23.5 Å². The highest BCUT2D eigenvalue weighted by Crippen LogP contribution is 2.43. The molecule has 0 atom stereocenters. The minimum absolute atomic E-state index is 0.520. The van der Waals surface area contributed by atoms with Crippen LogP contribution in [0, 0.1) is 0 Å². The molecule has 3 aromatic heterocycles. The molecule has 0 amide bonds. The van der Waals surface area contributed by atoms with Crippen LogP contribution in [0.2, 0.25) is 0 Å². The van der Waals surface area contributed by atoms with Crippen molar-refractivity contribution in [3.63, 3.8) is 0 Å². The molecular weight excluding hydrogens is 454 g/mol. The van der Waals surface area contributed by atoms with Crippen LogP contribution in [-0.4, -0.2) is 63.9 Å². The van der Waals surface area contributed by atoms with Crippen molar-refractivity contribution in [1.82, 2.24) is 30.5 Å². The number of pyridine rings is 2. The normalized spacial score (nSPS) is 16.3. The number of rotatable bonds is 7. The van der Waals surface area contributed by atoms with Gasteiger partial charge >= 0.3 is 0 Å². The third-order valence-corrected chi connectivity index (χ3v) is 6.54. The molecule has 0 spiro atoms. The van der Waals surface area contributed by atoms with Crippen molar-refractivity contribution in [1.29, 1.82) is 0 Å². The van der Waals surface area contributed by atoms with E-state index < -0.39 is 0 Å². The Kier molecular flexibility index (Phi) is 6.08. The second-order valence-corrected chi connectivity index (χ2v) is 9.07. The van der Waals surface area contributed by atoms with Crippen molar-refractivity contribution in [3.05, 3.63) is 65.6 Å². The van der Waals surface area contributed by atoms with E-state index in [-0.39, 0.29) is 0 Å². The van der Waals surface area contributed by atoms with E-state index in [9.17, 15) is 0 Å². The molecule has 0 unspecified atom stereocenters. The summed E-state index contributed by atoms with van der Waals surface area (Å²) in [5.74, 6) is 2.23. The Morgan fingerprint density at radius 1 is 1.11 bits per heavy atom. The molecule has 2 fully saturated rings. The number of fused-ring (bicyclic) bond motifs is 1. The van der Waals surface area contributed by atoms with E-state index in [2.05, 4.69) is 47.5 Å². The second kappa shape index (κ2) is 9.82. The summed E-state index contributed by atoms with van der Waals surface area (Å²) in [5, 5.41) is 14.5. The lowest BCUT2D eigenvalue weighted by molar-refractivity contribution is 0.315. The zero-order chi connectivity index (χ0) is 24.3. The van der Waals surface area contributed by atoms with Gasteiger partial charge in [-0.2, -0.15) is 0 Å². The van der Waals surface area contributed by atoms with Crippen molar-refractivity contribution < 1.29 is 4.63 Å². The Hall–Kier alpha value is -4.18. The summed E-state index contributed by atoms with van der Waals surface area (Å²) in [6.07, 6.45) is 7.93. The van der Waals surface area contributed by atoms with Crippen LogP contribution in [0.4, 0.5) is 17.2 Å². The third-order valence-electron chi connectivity index (χ3n) is 6.54. The highest BCUT2D eigenvalue weighted by Gasteiger charge is 2.31. The zero-order valence-electron chi connectivity index (χ0n) is 19.9. The molecule has 2 aliphatic rings. The van der Waals surface area contributed by atoms with E-state index in [1.54, 1.807) is 12.4 Å². The van der Waals surface area contributed by atoms with Crippen LogP contribution in [0.3, 0.4) is 0 Å². The van der Waals surface area contributed by atoms with Crippen molar-refractivity contribution in [2.45, 2.75) is 25.3 Å². The molecule has 0 radical (unpaired) electrons. The summed E-state index contributed by atoms with van der Waals surface area (Å²) in [6, 6.07) is 9.68. The van der Waals surface area contributed by atoms with Gasteiger partial charge < -0.3 is 15.5 Å². The summed E-state index contributed by atoms with van der Waals surface area (Å²) in [5.41, 5.74) is 6.42. The van der Waals surface area contributed by atoms with Gasteiger partial charge in [-0.05, 0) is 77.2 Å². The van der Waals surface area contributed by atoms with Crippen LogP contribution in [-0.2, 0) is 6.54 Å². The highest BCUT2D eigenvalue weighted by atomic mass is 16.6. The maximum Gasteiger partial charge on any atom is 0.137 e. The average Bonchev–Trinajstić information content (AvgIpc) is 3.66. The predicted molar refractivity (Wildman–Crippen MR) is 139 cm³/mol. The molecule has 182 valence electrons. The SMILES string of the molecule is C=Nc1cncc(C2CC2)c1C(=NCc1ccnc(Nc2ccc3nonc3c2)c1)N1CCNCC1. The molecule has 4 aromatic rings. The van der Waals surface area contributed by atoms with Crippen LogP contribution in [0.5, 0.6) is 0 Å². The van der Waals surface area contributed by atoms with E-state index in [1.807, 2.05) is 36.5 Å². The van der Waals surface area contributed by atoms with E-state index in [4.69, 9.17) is 9.62 Å². The quantitative estimate of drug-likeness (QED) is 0.302. The minimum atomic E-state index is 0.520. The van der Waals surface area contributed by atoms with E-state index in [0.717, 1.165) is 60.3 Å². The standard InChI is InChI=1S/C26H27N9O/c1-27-23-16-29-15-20(18-2-3-18)25(23)26(35-10-8-28-9-11-35)31-14-17-6-7-30-24(12-17)32-19-4-5-21-22(13-19)34-36-33-21/h4-7,12-13,15-16,18,28H,1-3,8-11,14H2,(H,30,32). The Bertz CT molecular complexity index is 1420. The molecule has 10 nitrogen and oxygen atoms in total. The van der Waals surface area contributed by atoms with Gasteiger partial charge in [-0.25, -0.2) is 9.61 Å². The van der Waals surface area contributed by atoms with Gasteiger partial charge in [-0.1, -0.05) is 0 Å².